The van der Waals surface area contributed by atoms with Crippen molar-refractivity contribution in [2.45, 2.75) is 13.0 Å². The van der Waals surface area contributed by atoms with E-state index in [1.165, 1.54) is 23.0 Å². The van der Waals surface area contributed by atoms with E-state index in [0.717, 1.165) is 5.56 Å². The molecule has 10 heteroatoms. The number of pyridine rings is 1. The first kappa shape index (κ1) is 21.4. The third-order valence-corrected chi connectivity index (χ3v) is 6.04. The quantitative estimate of drug-likeness (QED) is 0.457. The summed E-state index contributed by atoms with van der Waals surface area (Å²) in [7, 11) is 1.63. The van der Waals surface area contributed by atoms with Crippen molar-refractivity contribution in [3.63, 3.8) is 0 Å². The molecule has 0 amide bonds. The first-order valence-electron chi connectivity index (χ1n) is 10.4. The second-order valence-electron chi connectivity index (χ2n) is 7.85. The van der Waals surface area contributed by atoms with Crippen LogP contribution in [0.2, 0.25) is 5.02 Å². The van der Waals surface area contributed by atoms with Gasteiger partial charge in [-0.1, -0.05) is 11.6 Å². The zero-order chi connectivity index (χ0) is 23.1. The van der Waals surface area contributed by atoms with Gasteiger partial charge in [0.05, 0.1) is 23.2 Å². The van der Waals surface area contributed by atoms with Crippen molar-refractivity contribution in [2.24, 2.45) is 7.05 Å². The molecule has 0 aliphatic carbocycles. The first-order valence-corrected chi connectivity index (χ1v) is 10.8. The summed E-state index contributed by atoms with van der Waals surface area (Å²) in [5, 5.41) is 0.522. The summed E-state index contributed by atoms with van der Waals surface area (Å²) in [6, 6.07) is 6.09. The Kier molecular flexibility index (Phi) is 5.51. The van der Waals surface area contributed by atoms with Gasteiger partial charge in [-0.2, -0.15) is 0 Å². The number of halogens is 2. The summed E-state index contributed by atoms with van der Waals surface area (Å²) in [5.41, 5.74) is 1.44. The summed E-state index contributed by atoms with van der Waals surface area (Å²) in [5.74, 6) is 0.572. The third kappa shape index (κ3) is 3.94. The van der Waals surface area contributed by atoms with Gasteiger partial charge in [-0.3, -0.25) is 9.36 Å². The van der Waals surface area contributed by atoms with Crippen LogP contribution < -0.4 is 10.5 Å². The van der Waals surface area contributed by atoms with Crippen molar-refractivity contribution in [1.29, 1.82) is 0 Å². The second-order valence-corrected chi connectivity index (χ2v) is 8.28. The Morgan fingerprint density at radius 2 is 1.97 bits per heavy atom. The lowest BCUT2D eigenvalue weighted by molar-refractivity contribution is 0.0391. The molecule has 1 aromatic carbocycles. The minimum atomic E-state index is -0.558. The van der Waals surface area contributed by atoms with Gasteiger partial charge in [0.25, 0.3) is 5.56 Å². The number of rotatable bonds is 3. The van der Waals surface area contributed by atoms with Crippen molar-refractivity contribution < 1.29 is 9.13 Å². The maximum absolute atomic E-state index is 14.9. The molecule has 1 atom stereocenters. The van der Waals surface area contributed by atoms with E-state index in [9.17, 15) is 9.18 Å². The Morgan fingerprint density at radius 3 is 2.73 bits per heavy atom. The number of hydrogen-bond acceptors (Lipinski definition) is 7. The van der Waals surface area contributed by atoms with E-state index >= 15 is 0 Å². The van der Waals surface area contributed by atoms with Crippen LogP contribution in [0.4, 0.5) is 10.2 Å². The molecule has 168 valence electrons. The number of anilines is 1. The van der Waals surface area contributed by atoms with Crippen LogP contribution in [0.1, 0.15) is 17.5 Å². The van der Waals surface area contributed by atoms with E-state index < -0.39 is 5.82 Å². The second kappa shape index (κ2) is 8.49. The standard InChI is InChI=1S/C23H20ClFN6O2/c1-13-28-18-8-20(31-5-6-33-19(11-31)14-9-26-12-27-10-14)29-22(21(18)23(32)30(13)2)16-4-3-15(24)7-17(16)25/h3-4,7-10,12,19H,5-6,11H2,1-2H3/t19-/m0/s1. The van der Waals surface area contributed by atoms with E-state index in [1.54, 1.807) is 38.5 Å². The number of nitrogens with zero attached hydrogens (tertiary/aromatic N) is 6. The van der Waals surface area contributed by atoms with Crippen LogP contribution >= 0.6 is 11.6 Å². The Morgan fingerprint density at radius 1 is 1.18 bits per heavy atom. The van der Waals surface area contributed by atoms with Crippen molar-refractivity contribution in [3.8, 4) is 11.3 Å². The number of fused-ring (bicyclic) bond motifs is 1. The van der Waals surface area contributed by atoms with Gasteiger partial charge in [-0.15, -0.1) is 0 Å². The fourth-order valence-corrected chi connectivity index (χ4v) is 4.11. The van der Waals surface area contributed by atoms with Gasteiger partial charge in [0.1, 0.15) is 29.9 Å². The molecule has 1 aliphatic heterocycles. The Labute approximate surface area is 193 Å². The molecule has 5 rings (SSSR count). The molecule has 1 saturated heterocycles. The average Bonchev–Trinajstić information content (AvgIpc) is 2.82. The number of aryl methyl sites for hydroxylation is 1. The molecular weight excluding hydrogens is 447 g/mol. The maximum Gasteiger partial charge on any atom is 0.263 e. The zero-order valence-electron chi connectivity index (χ0n) is 18.0. The normalized spacial score (nSPS) is 16.4. The monoisotopic (exact) mass is 466 g/mol. The number of aromatic nitrogens is 5. The van der Waals surface area contributed by atoms with Gasteiger partial charge in [-0.05, 0) is 25.1 Å². The summed E-state index contributed by atoms with van der Waals surface area (Å²) in [4.78, 5) is 32.7. The highest BCUT2D eigenvalue weighted by Crippen LogP contribution is 2.32. The van der Waals surface area contributed by atoms with Gasteiger partial charge in [0.2, 0.25) is 0 Å². The Balaban J connectivity index is 1.67. The molecule has 0 saturated carbocycles. The van der Waals surface area contributed by atoms with Crippen molar-refractivity contribution in [3.05, 3.63) is 75.6 Å². The van der Waals surface area contributed by atoms with Crippen LogP contribution in [-0.4, -0.2) is 44.2 Å². The van der Waals surface area contributed by atoms with E-state index in [2.05, 4.69) is 15.0 Å². The molecule has 1 fully saturated rings. The van der Waals surface area contributed by atoms with E-state index in [-0.39, 0.29) is 33.3 Å². The fraction of sp³-hybridized carbons (Fsp3) is 0.261. The van der Waals surface area contributed by atoms with E-state index in [0.29, 0.717) is 36.9 Å². The van der Waals surface area contributed by atoms with Crippen molar-refractivity contribution in [2.75, 3.05) is 24.6 Å². The molecule has 33 heavy (non-hydrogen) atoms. The van der Waals surface area contributed by atoms with Crippen LogP contribution in [0, 0.1) is 12.7 Å². The minimum Gasteiger partial charge on any atom is -0.370 e. The molecule has 8 nitrogen and oxygen atoms in total. The fourth-order valence-electron chi connectivity index (χ4n) is 3.96. The number of ether oxygens (including phenoxy) is 1. The lowest BCUT2D eigenvalue weighted by Crippen LogP contribution is -2.39. The van der Waals surface area contributed by atoms with Crippen LogP contribution in [0.3, 0.4) is 0 Å². The predicted octanol–water partition coefficient (Wildman–Crippen LogP) is 3.46. The van der Waals surface area contributed by atoms with Crippen molar-refractivity contribution in [1.82, 2.24) is 24.5 Å². The number of hydrogen-bond donors (Lipinski definition) is 0. The average molecular weight is 467 g/mol. The van der Waals surface area contributed by atoms with Crippen LogP contribution in [-0.2, 0) is 11.8 Å². The van der Waals surface area contributed by atoms with Gasteiger partial charge in [0.15, 0.2) is 0 Å². The smallest absolute Gasteiger partial charge is 0.263 e. The molecule has 0 bridgehead atoms. The molecule has 0 unspecified atom stereocenters. The highest BCUT2D eigenvalue weighted by molar-refractivity contribution is 6.30. The van der Waals surface area contributed by atoms with Gasteiger partial charge < -0.3 is 9.64 Å². The van der Waals surface area contributed by atoms with Crippen LogP contribution in [0.25, 0.3) is 22.2 Å². The topological polar surface area (TPSA) is 86.0 Å². The zero-order valence-corrected chi connectivity index (χ0v) is 18.8. The predicted molar refractivity (Wildman–Crippen MR) is 123 cm³/mol. The van der Waals surface area contributed by atoms with Gasteiger partial charge in [-0.25, -0.2) is 24.3 Å². The van der Waals surface area contributed by atoms with E-state index in [4.69, 9.17) is 21.3 Å². The third-order valence-electron chi connectivity index (χ3n) is 5.80. The number of benzene rings is 1. The molecule has 3 aromatic heterocycles. The highest BCUT2D eigenvalue weighted by atomic mass is 35.5. The molecule has 4 heterocycles. The lowest BCUT2D eigenvalue weighted by atomic mass is 10.1. The Bertz CT molecular complexity index is 1410. The summed E-state index contributed by atoms with van der Waals surface area (Å²) in [6.45, 7) is 3.30. The lowest BCUT2D eigenvalue weighted by Gasteiger charge is -2.34. The van der Waals surface area contributed by atoms with Crippen LogP contribution in [0.5, 0.6) is 0 Å². The molecule has 0 radical (unpaired) electrons. The summed E-state index contributed by atoms with van der Waals surface area (Å²) in [6.07, 6.45) is 4.67. The SMILES string of the molecule is Cc1nc2cc(N3CCO[C@H](c4cncnc4)C3)nc(-c3ccc(Cl)cc3F)c2c(=O)n1C. The van der Waals surface area contributed by atoms with Crippen molar-refractivity contribution >= 4 is 28.3 Å². The van der Waals surface area contributed by atoms with E-state index in [1.807, 2.05) is 4.90 Å². The van der Waals surface area contributed by atoms with Gasteiger partial charge in [0, 0.05) is 54.7 Å². The maximum atomic E-state index is 14.9. The molecule has 4 aromatic rings. The molecule has 0 N–H and O–H groups in total. The largest absolute Gasteiger partial charge is 0.370 e. The van der Waals surface area contributed by atoms with Gasteiger partial charge >= 0.3 is 0 Å². The number of morpholine rings is 1. The highest BCUT2D eigenvalue weighted by Gasteiger charge is 2.26. The van der Waals surface area contributed by atoms with Crippen LogP contribution in [0.15, 0.2) is 47.8 Å². The molecule has 0 spiro atoms. The molecular formula is C23H20ClFN6O2. The first-order chi connectivity index (χ1) is 15.9. The summed E-state index contributed by atoms with van der Waals surface area (Å²) < 4.78 is 22.3. The Hall–Kier alpha value is -3.43. The minimum absolute atomic E-state index is 0.190. The molecule has 1 aliphatic rings. The summed E-state index contributed by atoms with van der Waals surface area (Å²) >= 11 is 5.96.